The van der Waals surface area contributed by atoms with Gasteiger partial charge in [-0.1, -0.05) is 18.2 Å². The van der Waals surface area contributed by atoms with Crippen LogP contribution < -0.4 is 10.1 Å². The Morgan fingerprint density at radius 1 is 1.00 bits per heavy atom. The van der Waals surface area contributed by atoms with Crippen LogP contribution in [0.1, 0.15) is 34.1 Å². The number of nitrogens with zero attached hydrogens (tertiary/aromatic N) is 3. The van der Waals surface area contributed by atoms with E-state index in [4.69, 9.17) is 4.74 Å². The fourth-order valence-electron chi connectivity index (χ4n) is 3.57. The lowest BCUT2D eigenvalue weighted by atomic mass is 10.2. The zero-order chi connectivity index (χ0) is 22.4. The molecule has 166 valence electrons. The Balaban J connectivity index is 1.53. The lowest BCUT2D eigenvalue weighted by Crippen LogP contribution is -2.41. The third kappa shape index (κ3) is 5.51. The number of rotatable bonds is 10. The van der Waals surface area contributed by atoms with Gasteiger partial charge >= 0.3 is 0 Å². The summed E-state index contributed by atoms with van der Waals surface area (Å²) >= 11 is 0. The number of aromatic nitrogens is 2. The SMILES string of the molecule is CC(C)N(C(C)C)S(=O)(=O)c1ccc(NCCCOc2cccc3cccnc23)nc1. The topological polar surface area (TPSA) is 84.4 Å². The molecule has 7 nitrogen and oxygen atoms in total. The third-order valence-corrected chi connectivity index (χ3v) is 7.05. The molecule has 0 bridgehead atoms. The van der Waals surface area contributed by atoms with Gasteiger partial charge in [0.25, 0.3) is 0 Å². The van der Waals surface area contributed by atoms with Gasteiger partial charge in [-0.25, -0.2) is 13.4 Å². The molecule has 0 fully saturated rings. The van der Waals surface area contributed by atoms with Crippen molar-refractivity contribution >= 4 is 26.7 Å². The largest absolute Gasteiger partial charge is 0.491 e. The van der Waals surface area contributed by atoms with E-state index < -0.39 is 10.0 Å². The number of anilines is 1. The third-order valence-electron chi connectivity index (χ3n) is 4.81. The number of ether oxygens (including phenoxy) is 1. The quantitative estimate of drug-likeness (QED) is 0.471. The molecule has 2 heterocycles. The van der Waals surface area contributed by atoms with E-state index in [2.05, 4.69) is 15.3 Å². The van der Waals surface area contributed by atoms with E-state index in [0.717, 1.165) is 23.1 Å². The second-order valence-electron chi connectivity index (χ2n) is 7.86. The van der Waals surface area contributed by atoms with E-state index >= 15 is 0 Å². The van der Waals surface area contributed by atoms with Crippen molar-refractivity contribution in [1.29, 1.82) is 0 Å². The van der Waals surface area contributed by atoms with Crippen LogP contribution in [0.2, 0.25) is 0 Å². The highest BCUT2D eigenvalue weighted by atomic mass is 32.2. The van der Waals surface area contributed by atoms with Crippen LogP contribution in [0, 0.1) is 0 Å². The van der Waals surface area contributed by atoms with Crippen LogP contribution in [0.4, 0.5) is 5.82 Å². The van der Waals surface area contributed by atoms with Crippen LogP contribution >= 0.6 is 0 Å². The highest BCUT2D eigenvalue weighted by molar-refractivity contribution is 7.89. The summed E-state index contributed by atoms with van der Waals surface area (Å²) in [5.74, 6) is 1.40. The summed E-state index contributed by atoms with van der Waals surface area (Å²) in [6, 6.07) is 12.8. The van der Waals surface area contributed by atoms with Crippen LogP contribution in [0.5, 0.6) is 5.75 Å². The number of hydrogen-bond acceptors (Lipinski definition) is 6. The van der Waals surface area contributed by atoms with Gasteiger partial charge in [-0.2, -0.15) is 4.31 Å². The molecule has 3 rings (SSSR count). The predicted octanol–water partition coefficient (Wildman–Crippen LogP) is 4.32. The first-order valence-electron chi connectivity index (χ1n) is 10.5. The summed E-state index contributed by atoms with van der Waals surface area (Å²) in [6.45, 7) is 8.68. The zero-order valence-corrected chi connectivity index (χ0v) is 19.3. The minimum atomic E-state index is -3.58. The molecular weight excluding hydrogens is 412 g/mol. The summed E-state index contributed by atoms with van der Waals surface area (Å²) in [4.78, 5) is 8.86. The molecule has 0 atom stereocenters. The minimum absolute atomic E-state index is 0.125. The standard InChI is InChI=1S/C23H30N4O3S/c1-17(2)27(18(3)4)31(28,29)20-11-12-22(26-16-20)24-14-7-15-30-21-10-5-8-19-9-6-13-25-23(19)21/h5-6,8-13,16-18H,7,14-15H2,1-4H3,(H,24,26). The fourth-order valence-corrected chi connectivity index (χ4v) is 5.35. The molecule has 31 heavy (non-hydrogen) atoms. The number of para-hydroxylation sites is 1. The van der Waals surface area contributed by atoms with Gasteiger partial charge in [-0.15, -0.1) is 0 Å². The van der Waals surface area contributed by atoms with Gasteiger partial charge in [0.05, 0.1) is 6.61 Å². The molecule has 0 unspecified atom stereocenters. The smallest absolute Gasteiger partial charge is 0.245 e. The highest BCUT2D eigenvalue weighted by Crippen LogP contribution is 2.23. The van der Waals surface area contributed by atoms with Crippen LogP contribution in [-0.4, -0.2) is 47.9 Å². The van der Waals surface area contributed by atoms with Crippen molar-refractivity contribution in [2.75, 3.05) is 18.5 Å². The van der Waals surface area contributed by atoms with Crippen molar-refractivity contribution < 1.29 is 13.2 Å². The molecule has 0 aliphatic heterocycles. The van der Waals surface area contributed by atoms with Crippen molar-refractivity contribution in [2.24, 2.45) is 0 Å². The molecular formula is C23H30N4O3S. The number of pyridine rings is 2. The van der Waals surface area contributed by atoms with Gasteiger partial charge in [0, 0.05) is 36.4 Å². The molecule has 1 aromatic carbocycles. The van der Waals surface area contributed by atoms with Crippen molar-refractivity contribution in [3.8, 4) is 5.75 Å². The molecule has 0 radical (unpaired) electrons. The van der Waals surface area contributed by atoms with E-state index in [0.29, 0.717) is 19.0 Å². The maximum atomic E-state index is 12.9. The Kier molecular flexibility index (Phi) is 7.46. The number of nitrogens with one attached hydrogen (secondary N) is 1. The number of hydrogen-bond donors (Lipinski definition) is 1. The van der Waals surface area contributed by atoms with Crippen LogP contribution in [0.25, 0.3) is 10.9 Å². The maximum absolute atomic E-state index is 12.9. The first-order valence-corrected chi connectivity index (χ1v) is 11.9. The first kappa shape index (κ1) is 23.0. The van der Waals surface area contributed by atoms with Crippen LogP contribution in [-0.2, 0) is 10.0 Å². The van der Waals surface area contributed by atoms with Gasteiger partial charge < -0.3 is 10.1 Å². The summed E-state index contributed by atoms with van der Waals surface area (Å²) < 4.78 is 33.2. The van der Waals surface area contributed by atoms with Crippen molar-refractivity contribution in [2.45, 2.75) is 51.1 Å². The fraction of sp³-hybridized carbons (Fsp3) is 0.391. The van der Waals surface area contributed by atoms with E-state index in [1.54, 1.807) is 18.3 Å². The average Bonchev–Trinajstić information content (AvgIpc) is 2.73. The Hall–Kier alpha value is -2.71. The van der Waals surface area contributed by atoms with Gasteiger partial charge in [0.15, 0.2) is 0 Å². The van der Waals surface area contributed by atoms with E-state index in [-0.39, 0.29) is 17.0 Å². The molecule has 8 heteroatoms. The van der Waals surface area contributed by atoms with E-state index in [9.17, 15) is 8.42 Å². The Morgan fingerprint density at radius 3 is 2.42 bits per heavy atom. The number of fused-ring (bicyclic) bond motifs is 1. The van der Waals surface area contributed by atoms with Gasteiger partial charge in [0.2, 0.25) is 10.0 Å². The summed E-state index contributed by atoms with van der Waals surface area (Å²) in [5, 5.41) is 4.25. The Labute approximate surface area is 184 Å². The molecule has 0 aliphatic carbocycles. The second kappa shape index (κ2) is 10.1. The van der Waals surface area contributed by atoms with Gasteiger partial charge in [0.1, 0.15) is 22.0 Å². The summed E-state index contributed by atoms with van der Waals surface area (Å²) in [7, 11) is -3.58. The predicted molar refractivity (Wildman–Crippen MR) is 124 cm³/mol. The molecule has 0 aliphatic rings. The summed E-state index contributed by atoms with van der Waals surface area (Å²) in [6.07, 6.45) is 3.93. The lowest BCUT2D eigenvalue weighted by molar-refractivity contribution is 0.302. The maximum Gasteiger partial charge on any atom is 0.245 e. The zero-order valence-electron chi connectivity index (χ0n) is 18.4. The first-order chi connectivity index (χ1) is 14.8. The van der Waals surface area contributed by atoms with E-state index in [1.807, 2.05) is 58.0 Å². The monoisotopic (exact) mass is 442 g/mol. The van der Waals surface area contributed by atoms with Gasteiger partial charge in [-0.3, -0.25) is 4.98 Å². The Bertz CT molecular complexity index is 1090. The van der Waals surface area contributed by atoms with Crippen molar-refractivity contribution in [3.63, 3.8) is 0 Å². The molecule has 0 spiro atoms. The molecule has 3 aromatic rings. The average molecular weight is 443 g/mol. The van der Waals surface area contributed by atoms with Gasteiger partial charge in [-0.05, 0) is 58.4 Å². The van der Waals surface area contributed by atoms with Crippen LogP contribution in [0.3, 0.4) is 0 Å². The highest BCUT2D eigenvalue weighted by Gasteiger charge is 2.29. The molecule has 0 saturated carbocycles. The van der Waals surface area contributed by atoms with Crippen molar-refractivity contribution in [3.05, 3.63) is 54.9 Å². The van der Waals surface area contributed by atoms with E-state index in [1.165, 1.54) is 10.5 Å². The lowest BCUT2D eigenvalue weighted by Gasteiger charge is -2.29. The number of benzene rings is 1. The second-order valence-corrected chi connectivity index (χ2v) is 9.70. The number of sulfonamides is 1. The molecule has 2 aromatic heterocycles. The molecule has 0 amide bonds. The van der Waals surface area contributed by atoms with Crippen molar-refractivity contribution in [1.82, 2.24) is 14.3 Å². The normalized spacial score (nSPS) is 12.1. The minimum Gasteiger partial charge on any atom is -0.491 e. The molecule has 1 N–H and O–H groups in total. The summed E-state index contributed by atoms with van der Waals surface area (Å²) in [5.41, 5.74) is 0.855. The Morgan fingerprint density at radius 2 is 1.74 bits per heavy atom. The van der Waals surface area contributed by atoms with Crippen LogP contribution in [0.15, 0.2) is 59.8 Å². The molecule has 0 saturated heterocycles.